The van der Waals surface area contributed by atoms with E-state index >= 15 is 0 Å². The molecular weight excluding hydrogens is 613 g/mol. The summed E-state index contributed by atoms with van der Waals surface area (Å²) in [5.74, 6) is -4.53. The predicted octanol–water partition coefficient (Wildman–Crippen LogP) is 5.17. The van der Waals surface area contributed by atoms with Gasteiger partial charge < -0.3 is 4.74 Å². The molecule has 44 heavy (non-hydrogen) atoms. The van der Waals surface area contributed by atoms with Gasteiger partial charge in [0.25, 0.3) is 23.4 Å². The molecule has 11 nitrogen and oxygen atoms in total. The lowest BCUT2D eigenvalue weighted by Crippen LogP contribution is -2.52. The van der Waals surface area contributed by atoms with Crippen LogP contribution in [-0.4, -0.2) is 51.0 Å². The minimum atomic E-state index is -0.785. The monoisotopic (exact) mass is 633 g/mol. The SMILES string of the molecule is O=C(CN(C(=O)c1ccc(Cl)c(Cl)c1)N1C(=O)[C@H]2[C@H](C1=O)[C@H]1C=C[C@H]2C1)c1ccc(OC(=O)c2ccc([N+](=O)[O-])cc2)cc1. The van der Waals surface area contributed by atoms with Gasteiger partial charge in [-0.3, -0.25) is 29.3 Å². The summed E-state index contributed by atoms with van der Waals surface area (Å²) in [4.78, 5) is 77.0. The number of hydrogen-bond acceptors (Lipinski definition) is 8. The summed E-state index contributed by atoms with van der Waals surface area (Å²) in [6, 6.07) is 14.4. The van der Waals surface area contributed by atoms with Crippen LogP contribution in [0.15, 0.2) is 78.9 Å². The summed E-state index contributed by atoms with van der Waals surface area (Å²) >= 11 is 12.1. The van der Waals surface area contributed by atoms with E-state index in [-0.39, 0.29) is 50.0 Å². The van der Waals surface area contributed by atoms with E-state index in [4.69, 9.17) is 27.9 Å². The van der Waals surface area contributed by atoms with Crippen LogP contribution in [0.2, 0.25) is 10.0 Å². The first kappa shape index (κ1) is 29.2. The van der Waals surface area contributed by atoms with E-state index in [0.29, 0.717) is 6.42 Å². The third kappa shape index (κ3) is 5.14. The summed E-state index contributed by atoms with van der Waals surface area (Å²) < 4.78 is 5.30. The van der Waals surface area contributed by atoms with E-state index in [1.54, 1.807) is 0 Å². The number of nitro benzene ring substituents is 1. The van der Waals surface area contributed by atoms with Gasteiger partial charge in [-0.15, -0.1) is 0 Å². The number of allylic oxidation sites excluding steroid dienone is 2. The predicted molar refractivity (Wildman–Crippen MR) is 156 cm³/mol. The van der Waals surface area contributed by atoms with Gasteiger partial charge >= 0.3 is 5.97 Å². The minimum absolute atomic E-state index is 0.0273. The molecule has 2 bridgehead atoms. The van der Waals surface area contributed by atoms with E-state index in [0.717, 1.165) is 10.0 Å². The van der Waals surface area contributed by atoms with Crippen molar-refractivity contribution < 1.29 is 33.6 Å². The van der Waals surface area contributed by atoms with Crippen molar-refractivity contribution in [1.29, 1.82) is 0 Å². The largest absolute Gasteiger partial charge is 0.423 e. The summed E-state index contributed by atoms with van der Waals surface area (Å²) in [7, 11) is 0. The molecule has 0 spiro atoms. The first-order valence-corrected chi connectivity index (χ1v) is 14.2. The molecule has 1 aliphatic heterocycles. The first-order valence-electron chi connectivity index (χ1n) is 13.5. The first-order chi connectivity index (χ1) is 21.0. The lowest BCUT2D eigenvalue weighted by molar-refractivity contribution is -0.384. The molecule has 13 heteroatoms. The summed E-state index contributed by atoms with van der Waals surface area (Å²) in [5.41, 5.74) is 0.0498. The second kappa shape index (κ2) is 11.3. The van der Waals surface area contributed by atoms with Crippen LogP contribution >= 0.6 is 23.2 Å². The number of Topliss-reactive ketones (excluding diaryl/α,β-unsaturated/α-hetero) is 1. The molecule has 1 heterocycles. The zero-order valence-electron chi connectivity index (χ0n) is 22.6. The van der Waals surface area contributed by atoms with Gasteiger partial charge in [-0.2, -0.15) is 5.01 Å². The number of rotatable bonds is 8. The number of nitrogens with zero attached hydrogens (tertiary/aromatic N) is 3. The third-order valence-electron chi connectivity index (χ3n) is 8.08. The zero-order valence-corrected chi connectivity index (χ0v) is 24.1. The highest BCUT2D eigenvalue weighted by atomic mass is 35.5. The van der Waals surface area contributed by atoms with Gasteiger partial charge in [-0.25, -0.2) is 9.80 Å². The number of ketones is 1. The molecule has 1 saturated carbocycles. The van der Waals surface area contributed by atoms with Crippen molar-refractivity contribution >= 4 is 58.4 Å². The Bertz CT molecular complexity index is 1740. The number of carbonyl (C=O) groups excluding carboxylic acids is 5. The normalized spacial score (nSPS) is 21.4. The Kier molecular flexibility index (Phi) is 7.52. The fourth-order valence-corrected chi connectivity index (χ4v) is 6.26. The van der Waals surface area contributed by atoms with Gasteiger partial charge in [0.2, 0.25) is 0 Å². The van der Waals surface area contributed by atoms with Crippen LogP contribution < -0.4 is 4.74 Å². The van der Waals surface area contributed by atoms with Crippen molar-refractivity contribution in [2.75, 3.05) is 6.54 Å². The van der Waals surface area contributed by atoms with E-state index < -0.39 is 52.8 Å². The number of imide groups is 1. The maximum atomic E-state index is 13.7. The zero-order chi connectivity index (χ0) is 31.3. The second-order valence-electron chi connectivity index (χ2n) is 10.6. The van der Waals surface area contributed by atoms with Crippen LogP contribution in [-0.2, 0) is 9.59 Å². The van der Waals surface area contributed by atoms with Crippen molar-refractivity contribution in [2.24, 2.45) is 23.7 Å². The number of non-ortho nitro benzene ring substituents is 1. The average molecular weight is 634 g/mol. The molecule has 3 amide bonds. The maximum Gasteiger partial charge on any atom is 0.343 e. The van der Waals surface area contributed by atoms with Crippen molar-refractivity contribution in [3.8, 4) is 5.75 Å². The molecule has 0 radical (unpaired) electrons. The van der Waals surface area contributed by atoms with Crippen LogP contribution in [0.1, 0.15) is 37.5 Å². The number of ether oxygens (including phenoxy) is 1. The van der Waals surface area contributed by atoms with Crippen molar-refractivity contribution in [3.05, 3.63) is 116 Å². The Morgan fingerprint density at radius 2 is 1.41 bits per heavy atom. The molecule has 3 aliphatic rings. The molecule has 0 aromatic heterocycles. The standard InChI is InChI=1S/C31H21Cl2N3O8/c32-23-12-7-20(14-24(23)33)28(38)34(35-29(39)26-18-1-2-19(13-18)27(26)30(35)40)15-25(37)16-5-10-22(11-6-16)44-31(41)17-3-8-21(9-4-17)36(42)43/h1-12,14,18-19,26-27H,13,15H2/t18-,19-,26+,27+/m0/s1. The molecular formula is C31H21Cl2N3O8. The number of nitro groups is 1. The third-order valence-corrected chi connectivity index (χ3v) is 8.82. The van der Waals surface area contributed by atoms with Crippen molar-refractivity contribution in [1.82, 2.24) is 10.0 Å². The van der Waals surface area contributed by atoms with Crippen molar-refractivity contribution in [3.63, 3.8) is 0 Å². The Labute approximate surface area is 259 Å². The van der Waals surface area contributed by atoms with Gasteiger partial charge in [0.05, 0.1) is 32.4 Å². The van der Waals surface area contributed by atoms with Gasteiger partial charge in [0.1, 0.15) is 12.3 Å². The van der Waals surface area contributed by atoms with E-state index in [1.165, 1.54) is 66.7 Å². The lowest BCUT2D eigenvalue weighted by atomic mass is 9.85. The van der Waals surface area contributed by atoms with Crippen LogP contribution in [0.4, 0.5) is 5.69 Å². The summed E-state index contributed by atoms with van der Waals surface area (Å²) in [6.45, 7) is -0.638. The molecule has 1 saturated heterocycles. The molecule has 222 valence electrons. The van der Waals surface area contributed by atoms with E-state index in [1.807, 2.05) is 12.2 Å². The number of carbonyl (C=O) groups is 5. The maximum absolute atomic E-state index is 13.7. The van der Waals surface area contributed by atoms with Crippen LogP contribution in [0, 0.1) is 33.8 Å². The average Bonchev–Trinajstić information content (AvgIpc) is 3.71. The highest BCUT2D eigenvalue weighted by molar-refractivity contribution is 6.42. The van der Waals surface area contributed by atoms with Gasteiger partial charge in [0.15, 0.2) is 5.78 Å². The number of amides is 3. The molecule has 0 N–H and O–H groups in total. The number of hydrazine groups is 1. The van der Waals surface area contributed by atoms with Gasteiger partial charge in [-0.1, -0.05) is 35.4 Å². The van der Waals surface area contributed by atoms with Crippen LogP contribution in [0.25, 0.3) is 0 Å². The molecule has 6 rings (SSSR count). The highest BCUT2D eigenvalue weighted by Crippen LogP contribution is 2.52. The molecule has 4 atom stereocenters. The quantitative estimate of drug-likeness (QED) is 0.0628. The highest BCUT2D eigenvalue weighted by Gasteiger charge is 2.61. The number of benzene rings is 3. The topological polar surface area (TPSA) is 144 Å². The van der Waals surface area contributed by atoms with Crippen molar-refractivity contribution in [2.45, 2.75) is 6.42 Å². The Hall–Kier alpha value is -4.87. The molecule has 0 unspecified atom stereocenters. The number of hydrogen-bond donors (Lipinski definition) is 0. The number of halogens is 2. The number of fused-ring (bicyclic) bond motifs is 5. The fraction of sp³-hybridized carbons (Fsp3) is 0.194. The van der Waals surface area contributed by atoms with E-state index in [2.05, 4.69) is 0 Å². The second-order valence-corrected chi connectivity index (χ2v) is 11.4. The molecule has 2 aliphatic carbocycles. The Balaban J connectivity index is 1.22. The number of esters is 1. The smallest absolute Gasteiger partial charge is 0.343 e. The Morgan fingerprint density at radius 1 is 0.841 bits per heavy atom. The lowest BCUT2D eigenvalue weighted by Gasteiger charge is -2.31. The Morgan fingerprint density at radius 3 is 1.98 bits per heavy atom. The molecule has 3 aromatic carbocycles. The molecule has 3 aromatic rings. The van der Waals surface area contributed by atoms with Crippen LogP contribution in [0.3, 0.4) is 0 Å². The van der Waals surface area contributed by atoms with Gasteiger partial charge in [-0.05, 0) is 72.9 Å². The van der Waals surface area contributed by atoms with Crippen LogP contribution in [0.5, 0.6) is 5.75 Å². The van der Waals surface area contributed by atoms with E-state index in [9.17, 15) is 34.1 Å². The molecule has 2 fully saturated rings. The van der Waals surface area contributed by atoms with Gasteiger partial charge in [0, 0.05) is 23.3 Å². The summed E-state index contributed by atoms with van der Waals surface area (Å²) in [5, 5.41) is 12.8. The minimum Gasteiger partial charge on any atom is -0.423 e. The fourth-order valence-electron chi connectivity index (χ4n) is 5.96. The summed E-state index contributed by atoms with van der Waals surface area (Å²) in [6.07, 6.45) is 4.54.